The van der Waals surface area contributed by atoms with Crippen molar-refractivity contribution >= 4 is 58.6 Å². The molecule has 0 aliphatic heterocycles. The maximum absolute atomic E-state index is 10.2. The lowest BCUT2D eigenvalue weighted by molar-refractivity contribution is 0.475. The fourth-order valence-electron chi connectivity index (χ4n) is 2.68. The second-order valence-corrected chi connectivity index (χ2v) is 9.39. The Morgan fingerprint density at radius 3 is 2.13 bits per heavy atom. The minimum Gasteiger partial charge on any atom is -0.506 e. The third kappa shape index (κ3) is 5.83. The SMILES string of the molecule is Oc1c(Cl)cc(Cl)cc1C=Nc1ccc(Sc2ccccc2)nc1Sc1ccccc1. The number of rotatable bonds is 6. The summed E-state index contributed by atoms with van der Waals surface area (Å²) in [6.45, 7) is 0. The smallest absolute Gasteiger partial charge is 0.143 e. The summed E-state index contributed by atoms with van der Waals surface area (Å²) < 4.78 is 0. The van der Waals surface area contributed by atoms with Gasteiger partial charge in [0.1, 0.15) is 15.8 Å². The summed E-state index contributed by atoms with van der Waals surface area (Å²) in [7, 11) is 0. The van der Waals surface area contributed by atoms with Gasteiger partial charge in [0.05, 0.1) is 10.7 Å². The molecular formula is C24H16Cl2N2OS2. The molecule has 1 aromatic heterocycles. The Morgan fingerprint density at radius 2 is 1.45 bits per heavy atom. The summed E-state index contributed by atoms with van der Waals surface area (Å²) in [5.74, 6) is -0.0590. The van der Waals surface area contributed by atoms with Gasteiger partial charge in [-0.25, -0.2) is 4.98 Å². The van der Waals surface area contributed by atoms with Crippen molar-refractivity contribution in [2.24, 2.45) is 4.99 Å². The van der Waals surface area contributed by atoms with Crippen molar-refractivity contribution in [1.29, 1.82) is 0 Å². The predicted octanol–water partition coefficient (Wildman–Crippen LogP) is 8.15. The highest BCUT2D eigenvalue weighted by molar-refractivity contribution is 8.00. The van der Waals surface area contributed by atoms with Crippen LogP contribution in [-0.2, 0) is 0 Å². The van der Waals surface area contributed by atoms with Crippen LogP contribution in [0.1, 0.15) is 5.56 Å². The molecule has 0 saturated heterocycles. The normalized spacial score (nSPS) is 11.2. The molecule has 4 rings (SSSR count). The van der Waals surface area contributed by atoms with Gasteiger partial charge in [-0.3, -0.25) is 4.99 Å². The van der Waals surface area contributed by atoms with Crippen molar-refractivity contribution in [3.63, 3.8) is 0 Å². The van der Waals surface area contributed by atoms with Crippen LogP contribution >= 0.6 is 46.7 Å². The number of phenolic OH excluding ortho intramolecular Hbond substituents is 1. The fourth-order valence-corrected chi connectivity index (χ4v) is 4.94. The number of aromatic nitrogens is 1. The Balaban J connectivity index is 1.69. The van der Waals surface area contributed by atoms with Crippen molar-refractivity contribution in [2.75, 3.05) is 0 Å². The average Bonchev–Trinajstić information content (AvgIpc) is 2.78. The van der Waals surface area contributed by atoms with Crippen LogP contribution in [0.4, 0.5) is 5.69 Å². The number of halogens is 2. The standard InChI is InChI=1S/C24H16Cl2N2OS2/c25-17-13-16(23(29)20(26)14-17)15-27-21-11-12-22(30-18-7-3-1-4-8-18)28-24(21)31-19-9-5-2-6-10-19/h1-15,29H. The number of pyridine rings is 1. The van der Waals surface area contributed by atoms with Gasteiger partial charge < -0.3 is 5.11 Å². The van der Waals surface area contributed by atoms with Crippen LogP contribution in [0.3, 0.4) is 0 Å². The monoisotopic (exact) mass is 482 g/mol. The molecule has 0 radical (unpaired) electrons. The highest BCUT2D eigenvalue weighted by atomic mass is 35.5. The number of nitrogens with zero attached hydrogens (tertiary/aromatic N) is 2. The number of benzene rings is 3. The van der Waals surface area contributed by atoms with Gasteiger partial charge in [-0.05, 0) is 48.5 Å². The van der Waals surface area contributed by atoms with Crippen molar-refractivity contribution in [3.8, 4) is 5.75 Å². The highest BCUT2D eigenvalue weighted by Gasteiger charge is 2.10. The summed E-state index contributed by atoms with van der Waals surface area (Å²) in [6.07, 6.45) is 1.54. The maximum Gasteiger partial charge on any atom is 0.143 e. The number of hydrogen-bond acceptors (Lipinski definition) is 5. The van der Waals surface area contributed by atoms with E-state index < -0.39 is 0 Å². The van der Waals surface area contributed by atoms with E-state index in [-0.39, 0.29) is 10.8 Å². The maximum atomic E-state index is 10.2. The molecule has 0 bridgehead atoms. The molecule has 154 valence electrons. The minimum absolute atomic E-state index is 0.0590. The minimum atomic E-state index is -0.0590. The van der Waals surface area contributed by atoms with Crippen LogP contribution in [0.15, 0.2) is 110 Å². The Morgan fingerprint density at radius 1 is 0.806 bits per heavy atom. The van der Waals surface area contributed by atoms with E-state index in [4.69, 9.17) is 28.2 Å². The van der Waals surface area contributed by atoms with Crippen molar-refractivity contribution in [3.05, 3.63) is 101 Å². The first kappa shape index (κ1) is 21.8. The molecule has 3 nitrogen and oxygen atoms in total. The van der Waals surface area contributed by atoms with Crippen molar-refractivity contribution in [1.82, 2.24) is 4.98 Å². The summed E-state index contributed by atoms with van der Waals surface area (Å²) in [4.78, 5) is 11.6. The van der Waals surface area contributed by atoms with Crippen LogP contribution in [0.2, 0.25) is 10.0 Å². The molecule has 1 heterocycles. The number of aliphatic imine (C=N–C) groups is 1. The highest BCUT2D eigenvalue weighted by Crippen LogP contribution is 2.37. The topological polar surface area (TPSA) is 45.5 Å². The molecule has 0 amide bonds. The Kier molecular flexibility index (Phi) is 7.20. The summed E-state index contributed by atoms with van der Waals surface area (Å²) in [5.41, 5.74) is 1.12. The van der Waals surface area contributed by atoms with Crippen LogP contribution in [0, 0.1) is 0 Å². The van der Waals surface area contributed by atoms with E-state index in [0.717, 1.165) is 19.8 Å². The average molecular weight is 483 g/mol. The Bertz CT molecular complexity index is 1220. The quantitative estimate of drug-likeness (QED) is 0.281. The first-order valence-electron chi connectivity index (χ1n) is 9.27. The van der Waals surface area contributed by atoms with Gasteiger partial charge in [0.15, 0.2) is 0 Å². The first-order valence-corrected chi connectivity index (χ1v) is 11.7. The van der Waals surface area contributed by atoms with E-state index in [0.29, 0.717) is 16.3 Å². The third-order valence-electron chi connectivity index (χ3n) is 4.14. The molecule has 0 unspecified atom stereocenters. The summed E-state index contributed by atoms with van der Waals surface area (Å²) in [6, 6.07) is 27.1. The Labute approximate surface area is 199 Å². The lowest BCUT2D eigenvalue weighted by Gasteiger charge is -2.08. The summed E-state index contributed by atoms with van der Waals surface area (Å²) >= 11 is 15.2. The van der Waals surface area contributed by atoms with Gasteiger partial charge in [0, 0.05) is 26.6 Å². The molecule has 0 aliphatic rings. The third-order valence-corrected chi connectivity index (χ3v) is 6.59. The van der Waals surface area contributed by atoms with Gasteiger partial charge in [-0.1, -0.05) is 83.1 Å². The molecule has 0 atom stereocenters. The van der Waals surface area contributed by atoms with E-state index in [9.17, 15) is 5.11 Å². The molecular weight excluding hydrogens is 467 g/mol. The van der Waals surface area contributed by atoms with E-state index in [1.807, 2.05) is 72.8 Å². The summed E-state index contributed by atoms with van der Waals surface area (Å²) in [5, 5.41) is 12.4. The number of phenols is 1. The molecule has 31 heavy (non-hydrogen) atoms. The Hall–Kier alpha value is -2.44. The van der Waals surface area contributed by atoms with Crippen LogP contribution in [0.25, 0.3) is 0 Å². The van der Waals surface area contributed by atoms with Gasteiger partial charge in [0.25, 0.3) is 0 Å². The lowest BCUT2D eigenvalue weighted by Crippen LogP contribution is -1.88. The molecule has 0 saturated carbocycles. The molecule has 7 heteroatoms. The first-order chi connectivity index (χ1) is 15.1. The van der Waals surface area contributed by atoms with E-state index in [1.54, 1.807) is 24.0 Å². The molecule has 0 fully saturated rings. The van der Waals surface area contributed by atoms with Crippen LogP contribution in [0.5, 0.6) is 5.75 Å². The zero-order valence-electron chi connectivity index (χ0n) is 16.1. The van der Waals surface area contributed by atoms with Gasteiger partial charge >= 0.3 is 0 Å². The lowest BCUT2D eigenvalue weighted by atomic mass is 10.2. The van der Waals surface area contributed by atoms with Gasteiger partial charge in [0.2, 0.25) is 0 Å². The molecule has 4 aromatic rings. The van der Waals surface area contributed by atoms with Crippen molar-refractivity contribution in [2.45, 2.75) is 19.8 Å². The van der Waals surface area contributed by atoms with Crippen molar-refractivity contribution < 1.29 is 5.11 Å². The largest absolute Gasteiger partial charge is 0.506 e. The molecule has 3 aromatic carbocycles. The van der Waals surface area contributed by atoms with Gasteiger partial charge in [-0.15, -0.1) is 0 Å². The van der Waals surface area contributed by atoms with Gasteiger partial charge in [-0.2, -0.15) is 0 Å². The second kappa shape index (κ2) is 10.2. The van der Waals surface area contributed by atoms with E-state index in [1.165, 1.54) is 17.8 Å². The van der Waals surface area contributed by atoms with Crippen LogP contribution < -0.4 is 0 Å². The zero-order chi connectivity index (χ0) is 21.6. The zero-order valence-corrected chi connectivity index (χ0v) is 19.2. The fraction of sp³-hybridized carbons (Fsp3) is 0. The second-order valence-electron chi connectivity index (χ2n) is 6.39. The molecule has 0 spiro atoms. The molecule has 0 aliphatic carbocycles. The number of aromatic hydroxyl groups is 1. The predicted molar refractivity (Wildman–Crippen MR) is 131 cm³/mol. The van der Waals surface area contributed by atoms with E-state index >= 15 is 0 Å². The van der Waals surface area contributed by atoms with E-state index in [2.05, 4.69) is 4.99 Å². The number of hydrogen-bond donors (Lipinski definition) is 1. The van der Waals surface area contributed by atoms with Crippen LogP contribution in [-0.4, -0.2) is 16.3 Å². The molecule has 1 N–H and O–H groups in total.